The average molecular weight is 526 g/mol. The molecular weight excluding hydrogens is 478 g/mol. The van der Waals surface area contributed by atoms with Gasteiger partial charge in [0, 0.05) is 22.7 Å². The molecule has 0 aliphatic carbocycles. The summed E-state index contributed by atoms with van der Waals surface area (Å²) in [5, 5.41) is 10.4. The highest BCUT2D eigenvalue weighted by Crippen LogP contribution is 2.28. The van der Waals surface area contributed by atoms with Crippen molar-refractivity contribution in [3.8, 4) is 5.75 Å². The lowest BCUT2D eigenvalue weighted by molar-refractivity contribution is -0.516. The van der Waals surface area contributed by atoms with Gasteiger partial charge < -0.3 is 10.8 Å². The molecule has 3 nitrogen and oxygen atoms in total. The molecule has 0 saturated carbocycles. The predicted octanol–water partition coefficient (Wildman–Crippen LogP) is 8.73. The Morgan fingerprint density at radius 3 is 2.44 bits per heavy atom. The lowest BCUT2D eigenvalue weighted by atomic mass is 9.99. The normalized spacial score (nSPS) is 17.8. The van der Waals surface area contributed by atoms with Gasteiger partial charge in [-0.1, -0.05) is 83.7 Å². The molecule has 2 unspecified atom stereocenters. The fourth-order valence-corrected chi connectivity index (χ4v) is 3.86. The Hall–Kier alpha value is -2.14. The van der Waals surface area contributed by atoms with E-state index in [0.717, 1.165) is 30.8 Å². The van der Waals surface area contributed by atoms with Crippen LogP contribution in [0.4, 0.5) is 8.78 Å². The Bertz CT molecular complexity index is 869. The van der Waals surface area contributed by atoms with Crippen LogP contribution in [0, 0.1) is 11.7 Å². The van der Waals surface area contributed by atoms with Crippen LogP contribution in [0.25, 0.3) is 0 Å². The molecule has 6 heteroatoms. The first-order valence-electron chi connectivity index (χ1n) is 13.3. The van der Waals surface area contributed by atoms with E-state index in [2.05, 4.69) is 19.9 Å². The highest BCUT2D eigenvalue weighted by atomic mass is 35.5. The standard InChI is InChI=1S/C18H20ClFN2O.C10H21F.C2H6/c1-12-6-4-3-5-8-22(9-7-13(2)21)18(12)17-15(20)10-14(19)11-16(17)23;1-4-9(3)7-6-8-10(11)5-2;1-2/h3-4,6-7,10-11H,5,8-9,21H2,1-2H3;9-10H,4-8H2,1-3H3;1-2H3/p+1/b4-3-,12-6+,13-7+;;. The molecule has 1 aromatic carbocycles. The number of hydrogen-bond donors (Lipinski definition) is 2. The molecule has 204 valence electrons. The van der Waals surface area contributed by atoms with Crippen LogP contribution >= 0.6 is 11.6 Å². The summed E-state index contributed by atoms with van der Waals surface area (Å²) in [6, 6.07) is 2.57. The van der Waals surface area contributed by atoms with Crippen LogP contribution in [-0.2, 0) is 0 Å². The van der Waals surface area contributed by atoms with E-state index in [-0.39, 0.29) is 16.3 Å². The quantitative estimate of drug-likeness (QED) is 0.316. The van der Waals surface area contributed by atoms with E-state index in [1.54, 1.807) is 0 Å². The number of alkyl halides is 1. The third kappa shape index (κ3) is 12.7. The molecule has 0 bridgehead atoms. The molecule has 1 heterocycles. The van der Waals surface area contributed by atoms with Crippen molar-refractivity contribution in [2.24, 2.45) is 11.7 Å². The smallest absolute Gasteiger partial charge is 0.217 e. The number of benzene rings is 1. The minimum absolute atomic E-state index is 0.166. The zero-order valence-corrected chi connectivity index (χ0v) is 24.1. The molecule has 2 rings (SSSR count). The van der Waals surface area contributed by atoms with Crippen LogP contribution in [0.5, 0.6) is 5.75 Å². The Labute approximate surface area is 223 Å². The van der Waals surface area contributed by atoms with Gasteiger partial charge in [0.2, 0.25) is 5.71 Å². The molecule has 0 saturated heterocycles. The van der Waals surface area contributed by atoms with Crippen molar-refractivity contribution < 1.29 is 18.5 Å². The number of nitrogens with zero attached hydrogens (tertiary/aromatic N) is 1. The average Bonchev–Trinajstić information content (AvgIpc) is 2.83. The highest BCUT2D eigenvalue weighted by molar-refractivity contribution is 6.31. The molecule has 36 heavy (non-hydrogen) atoms. The third-order valence-electron chi connectivity index (χ3n) is 6.00. The van der Waals surface area contributed by atoms with Gasteiger partial charge in [-0.25, -0.2) is 13.4 Å². The minimum atomic E-state index is -0.556. The lowest BCUT2D eigenvalue weighted by Gasteiger charge is -2.13. The summed E-state index contributed by atoms with van der Waals surface area (Å²) >= 11 is 5.82. The molecular formula is C30H48ClF2N2O+. The Kier molecular flexibility index (Phi) is 17.9. The SMILES string of the molecule is C/C(N)=C\C[N+]1=C(c2c(O)cc(Cl)cc2F)/C(C)=C/C=C\CC1.CC.CCC(C)CCCC(F)CC. The summed E-state index contributed by atoms with van der Waals surface area (Å²) in [5.74, 6) is 0.0700. The van der Waals surface area contributed by atoms with E-state index in [0.29, 0.717) is 30.9 Å². The second-order valence-corrected chi connectivity index (χ2v) is 9.48. The topological polar surface area (TPSA) is 49.3 Å². The van der Waals surface area contributed by atoms with Gasteiger partial charge in [-0.3, -0.25) is 0 Å². The van der Waals surface area contributed by atoms with Gasteiger partial charge in [0.15, 0.2) is 6.54 Å². The maximum atomic E-state index is 14.5. The number of nitrogens with two attached hydrogens (primary N) is 1. The molecule has 1 aliphatic rings. The summed E-state index contributed by atoms with van der Waals surface area (Å²) in [6.45, 7) is 15.3. The van der Waals surface area contributed by atoms with Crippen LogP contribution < -0.4 is 5.73 Å². The number of halogens is 3. The summed E-state index contributed by atoms with van der Waals surface area (Å²) < 4.78 is 29.2. The third-order valence-corrected chi connectivity index (χ3v) is 6.21. The van der Waals surface area contributed by atoms with Crippen molar-refractivity contribution in [2.45, 2.75) is 93.2 Å². The second kappa shape index (κ2) is 19.0. The van der Waals surface area contributed by atoms with Gasteiger partial charge >= 0.3 is 0 Å². The highest BCUT2D eigenvalue weighted by Gasteiger charge is 2.26. The van der Waals surface area contributed by atoms with Crippen molar-refractivity contribution in [3.63, 3.8) is 0 Å². The van der Waals surface area contributed by atoms with Crippen molar-refractivity contribution in [3.05, 3.63) is 64.1 Å². The number of aromatic hydroxyl groups is 1. The van der Waals surface area contributed by atoms with Crippen LogP contribution in [0.15, 0.2) is 47.7 Å². The van der Waals surface area contributed by atoms with E-state index in [9.17, 15) is 13.9 Å². The van der Waals surface area contributed by atoms with E-state index in [4.69, 9.17) is 17.3 Å². The zero-order valence-electron chi connectivity index (χ0n) is 23.4. The van der Waals surface area contributed by atoms with Gasteiger partial charge in [-0.15, -0.1) is 0 Å². The van der Waals surface area contributed by atoms with Crippen molar-refractivity contribution in [1.82, 2.24) is 0 Å². The first-order valence-corrected chi connectivity index (χ1v) is 13.7. The lowest BCUT2D eigenvalue weighted by Crippen LogP contribution is -2.26. The molecule has 0 spiro atoms. The molecule has 2 atom stereocenters. The minimum Gasteiger partial charge on any atom is -0.507 e. The summed E-state index contributed by atoms with van der Waals surface area (Å²) in [5.41, 5.74) is 8.11. The Morgan fingerprint density at radius 2 is 1.89 bits per heavy atom. The maximum Gasteiger partial charge on any atom is 0.217 e. The monoisotopic (exact) mass is 525 g/mol. The van der Waals surface area contributed by atoms with E-state index in [1.165, 1.54) is 25.0 Å². The van der Waals surface area contributed by atoms with Gasteiger partial charge in [0.25, 0.3) is 0 Å². The van der Waals surface area contributed by atoms with Crippen LogP contribution in [0.1, 0.15) is 92.6 Å². The van der Waals surface area contributed by atoms with E-state index in [1.807, 2.05) is 57.4 Å². The molecule has 0 fully saturated rings. The van der Waals surface area contributed by atoms with Gasteiger partial charge in [-0.05, 0) is 50.8 Å². The van der Waals surface area contributed by atoms with Gasteiger partial charge in [-0.2, -0.15) is 0 Å². The van der Waals surface area contributed by atoms with E-state index < -0.39 is 12.0 Å². The number of allylic oxidation sites excluding steroid dienone is 4. The maximum absolute atomic E-state index is 14.5. The van der Waals surface area contributed by atoms with Crippen LogP contribution in [-0.4, -0.2) is 34.7 Å². The summed E-state index contributed by atoms with van der Waals surface area (Å²) in [7, 11) is 0. The molecule has 0 amide bonds. The molecule has 1 aromatic rings. The fourth-order valence-electron chi connectivity index (χ4n) is 3.66. The van der Waals surface area contributed by atoms with Crippen molar-refractivity contribution in [2.75, 3.05) is 13.1 Å². The molecule has 1 aliphatic heterocycles. The number of rotatable bonds is 9. The van der Waals surface area contributed by atoms with Crippen molar-refractivity contribution in [1.29, 1.82) is 0 Å². The van der Waals surface area contributed by atoms with E-state index >= 15 is 0 Å². The summed E-state index contributed by atoms with van der Waals surface area (Å²) in [6.07, 6.45) is 13.0. The summed E-state index contributed by atoms with van der Waals surface area (Å²) in [4.78, 5) is 0. The Balaban J connectivity index is 0.000000796. The first kappa shape index (κ1) is 33.9. The molecule has 0 radical (unpaired) electrons. The first-order chi connectivity index (χ1) is 17.1. The van der Waals surface area contributed by atoms with Gasteiger partial charge in [0.05, 0.1) is 6.17 Å². The largest absolute Gasteiger partial charge is 0.507 e. The molecule has 3 N–H and O–H groups in total. The van der Waals surface area contributed by atoms with Crippen molar-refractivity contribution >= 4 is 17.3 Å². The Morgan fingerprint density at radius 1 is 1.22 bits per heavy atom. The number of phenols is 1. The molecule has 0 aromatic heterocycles. The van der Waals surface area contributed by atoms with Crippen LogP contribution in [0.3, 0.4) is 0 Å². The predicted molar refractivity (Wildman–Crippen MR) is 152 cm³/mol. The van der Waals surface area contributed by atoms with Crippen LogP contribution in [0.2, 0.25) is 5.02 Å². The number of phenolic OH excluding ortho intramolecular Hbond substituents is 1. The second-order valence-electron chi connectivity index (χ2n) is 9.04. The number of hydrogen-bond acceptors (Lipinski definition) is 2. The fraction of sp³-hybridized carbons (Fsp3) is 0.567. The van der Waals surface area contributed by atoms with Gasteiger partial charge in [0.1, 0.15) is 23.7 Å². The zero-order chi connectivity index (χ0) is 27.7.